The van der Waals surface area contributed by atoms with Crippen LogP contribution in [0.2, 0.25) is 0 Å². The van der Waals surface area contributed by atoms with Gasteiger partial charge in [0.05, 0.1) is 5.69 Å². The van der Waals surface area contributed by atoms with Crippen molar-refractivity contribution in [3.8, 4) is 0 Å². The van der Waals surface area contributed by atoms with Crippen molar-refractivity contribution in [2.45, 2.75) is 19.6 Å². The lowest BCUT2D eigenvalue weighted by atomic mass is 10.0. The van der Waals surface area contributed by atoms with Crippen LogP contribution in [-0.2, 0) is 19.1 Å². The highest BCUT2D eigenvalue weighted by Crippen LogP contribution is 2.33. The largest absolute Gasteiger partial charge is 0.419 e. The molecular weight excluding hydrogens is 330 g/mol. The van der Waals surface area contributed by atoms with Gasteiger partial charge < -0.3 is 14.8 Å². The Bertz CT molecular complexity index is 1010. The molecule has 0 spiro atoms. The first-order valence-electron chi connectivity index (χ1n) is 8.28. The van der Waals surface area contributed by atoms with Gasteiger partial charge in [-0.3, -0.25) is 0 Å². The van der Waals surface area contributed by atoms with E-state index in [1.54, 1.807) is 0 Å². The Kier molecular flexibility index (Phi) is 3.65. The van der Waals surface area contributed by atoms with E-state index in [1.165, 1.54) is 20.0 Å². The molecule has 0 atom stereocenters. The molecular formula is C21H17NO4. The van der Waals surface area contributed by atoms with Crippen LogP contribution in [0.3, 0.4) is 0 Å². The number of cyclic esters (lactones) is 2. The summed E-state index contributed by atoms with van der Waals surface area (Å²) in [7, 11) is 0. The second-order valence-electron chi connectivity index (χ2n) is 6.58. The van der Waals surface area contributed by atoms with Crippen LogP contribution in [0.4, 0.5) is 5.69 Å². The van der Waals surface area contributed by atoms with Gasteiger partial charge in [-0.25, -0.2) is 9.59 Å². The van der Waals surface area contributed by atoms with E-state index in [0.29, 0.717) is 0 Å². The molecule has 1 heterocycles. The van der Waals surface area contributed by atoms with Crippen LogP contribution in [-0.4, -0.2) is 17.7 Å². The summed E-state index contributed by atoms with van der Waals surface area (Å²) in [6.07, 6.45) is 1.36. The molecule has 0 bridgehead atoms. The van der Waals surface area contributed by atoms with Gasteiger partial charge in [0.1, 0.15) is 0 Å². The van der Waals surface area contributed by atoms with Gasteiger partial charge in [-0.2, -0.15) is 0 Å². The quantitative estimate of drug-likeness (QED) is 0.327. The summed E-state index contributed by atoms with van der Waals surface area (Å²) in [4.78, 5) is 24.3. The van der Waals surface area contributed by atoms with Gasteiger partial charge in [0.25, 0.3) is 5.79 Å². The third-order valence-electron chi connectivity index (χ3n) is 4.25. The minimum atomic E-state index is -1.25. The number of rotatable bonds is 2. The molecule has 1 N–H and O–H groups in total. The van der Waals surface area contributed by atoms with Crippen LogP contribution in [0.15, 0.2) is 66.4 Å². The lowest BCUT2D eigenvalue weighted by molar-refractivity contribution is -0.222. The van der Waals surface area contributed by atoms with E-state index < -0.39 is 17.7 Å². The molecule has 5 heteroatoms. The van der Waals surface area contributed by atoms with E-state index in [4.69, 9.17) is 9.47 Å². The van der Waals surface area contributed by atoms with Gasteiger partial charge >= 0.3 is 11.9 Å². The summed E-state index contributed by atoms with van der Waals surface area (Å²) in [5.74, 6) is -2.66. The minimum Gasteiger partial charge on any atom is -0.419 e. The van der Waals surface area contributed by atoms with E-state index in [9.17, 15) is 9.59 Å². The number of esters is 2. The molecule has 0 amide bonds. The van der Waals surface area contributed by atoms with Crippen LogP contribution in [0, 0.1) is 0 Å². The number of nitrogens with one attached hydrogen (secondary N) is 1. The SMILES string of the molecule is CC1(C)OC(=O)C(=CNc2c3ccccc3cc3ccccc23)C(=O)O1. The molecule has 0 aliphatic carbocycles. The lowest BCUT2D eigenvalue weighted by Gasteiger charge is -2.29. The first-order chi connectivity index (χ1) is 12.4. The maximum atomic E-state index is 12.1. The summed E-state index contributed by atoms with van der Waals surface area (Å²) in [6.45, 7) is 3.04. The second kappa shape index (κ2) is 5.88. The zero-order valence-electron chi connectivity index (χ0n) is 14.4. The summed E-state index contributed by atoms with van der Waals surface area (Å²) in [5.41, 5.74) is 0.651. The van der Waals surface area contributed by atoms with E-state index in [1.807, 2.05) is 48.5 Å². The maximum absolute atomic E-state index is 12.1. The van der Waals surface area contributed by atoms with Crippen molar-refractivity contribution in [1.82, 2.24) is 0 Å². The van der Waals surface area contributed by atoms with Crippen molar-refractivity contribution < 1.29 is 19.1 Å². The zero-order chi connectivity index (χ0) is 18.3. The van der Waals surface area contributed by atoms with Gasteiger partial charge in [-0.15, -0.1) is 0 Å². The predicted molar refractivity (Wildman–Crippen MR) is 99.4 cm³/mol. The van der Waals surface area contributed by atoms with E-state index in [-0.39, 0.29) is 5.57 Å². The summed E-state index contributed by atoms with van der Waals surface area (Å²) in [5, 5.41) is 7.21. The fraction of sp³-hybridized carbons (Fsp3) is 0.143. The zero-order valence-corrected chi connectivity index (χ0v) is 14.4. The van der Waals surface area contributed by atoms with Crippen LogP contribution in [0.1, 0.15) is 13.8 Å². The summed E-state index contributed by atoms with van der Waals surface area (Å²) in [6, 6.07) is 18.0. The molecule has 0 radical (unpaired) electrons. The fourth-order valence-corrected chi connectivity index (χ4v) is 3.09. The molecule has 130 valence electrons. The number of carbonyl (C=O) groups excluding carboxylic acids is 2. The lowest BCUT2D eigenvalue weighted by Crippen LogP contribution is -2.42. The van der Waals surface area contributed by atoms with Gasteiger partial charge in [0, 0.05) is 30.8 Å². The van der Waals surface area contributed by atoms with Crippen LogP contribution in [0.25, 0.3) is 21.5 Å². The number of hydrogen-bond donors (Lipinski definition) is 1. The van der Waals surface area contributed by atoms with E-state index >= 15 is 0 Å². The Labute approximate surface area is 150 Å². The van der Waals surface area contributed by atoms with Crippen LogP contribution in [0.5, 0.6) is 0 Å². The van der Waals surface area contributed by atoms with Gasteiger partial charge in [0.15, 0.2) is 5.57 Å². The minimum absolute atomic E-state index is 0.165. The van der Waals surface area contributed by atoms with Crippen molar-refractivity contribution >= 4 is 39.2 Å². The first-order valence-corrected chi connectivity index (χ1v) is 8.28. The molecule has 1 saturated heterocycles. The number of benzene rings is 3. The van der Waals surface area contributed by atoms with Crippen molar-refractivity contribution in [2.75, 3.05) is 5.32 Å². The Balaban J connectivity index is 1.82. The van der Waals surface area contributed by atoms with E-state index in [2.05, 4.69) is 11.4 Å². The highest BCUT2D eigenvalue weighted by molar-refractivity contribution is 6.16. The Hall–Kier alpha value is -3.34. The third kappa shape index (κ3) is 2.77. The predicted octanol–water partition coefficient (Wildman–Crippen LogP) is 4.12. The van der Waals surface area contributed by atoms with Gasteiger partial charge in [-0.05, 0) is 16.8 Å². The molecule has 1 aliphatic rings. The highest BCUT2D eigenvalue weighted by Gasteiger charge is 2.39. The Morgan fingerprint density at radius 2 is 1.35 bits per heavy atom. The van der Waals surface area contributed by atoms with Crippen LogP contribution < -0.4 is 5.32 Å². The topological polar surface area (TPSA) is 64.6 Å². The standard InChI is InChI=1S/C21H17NO4/c1-21(2)25-19(23)17(20(24)26-21)12-22-18-15-9-5-3-7-13(15)11-14-8-4-6-10-16(14)18/h3-12,22H,1-2H3. The Morgan fingerprint density at radius 1 is 0.846 bits per heavy atom. The van der Waals surface area contributed by atoms with Gasteiger partial charge in [-0.1, -0.05) is 48.5 Å². The average Bonchev–Trinajstić information content (AvgIpc) is 2.59. The molecule has 1 aliphatic heterocycles. The third-order valence-corrected chi connectivity index (χ3v) is 4.25. The van der Waals surface area contributed by atoms with Crippen LogP contribution >= 0.6 is 0 Å². The van der Waals surface area contributed by atoms with Crippen molar-refractivity contribution in [3.63, 3.8) is 0 Å². The van der Waals surface area contributed by atoms with Crippen molar-refractivity contribution in [2.24, 2.45) is 0 Å². The van der Waals surface area contributed by atoms with E-state index in [0.717, 1.165) is 27.2 Å². The Morgan fingerprint density at radius 3 is 1.88 bits per heavy atom. The maximum Gasteiger partial charge on any atom is 0.350 e. The van der Waals surface area contributed by atoms with Crippen molar-refractivity contribution in [3.05, 3.63) is 66.4 Å². The number of hydrogen-bond acceptors (Lipinski definition) is 5. The molecule has 4 rings (SSSR count). The fourth-order valence-electron chi connectivity index (χ4n) is 3.09. The number of carbonyl (C=O) groups is 2. The first kappa shape index (κ1) is 16.1. The number of ether oxygens (including phenoxy) is 2. The normalized spacial score (nSPS) is 16.3. The molecule has 0 saturated carbocycles. The van der Waals surface area contributed by atoms with Crippen molar-refractivity contribution in [1.29, 1.82) is 0 Å². The number of fused-ring (bicyclic) bond motifs is 2. The number of anilines is 1. The average molecular weight is 347 g/mol. The molecule has 0 aromatic heterocycles. The molecule has 1 fully saturated rings. The second-order valence-corrected chi connectivity index (χ2v) is 6.58. The molecule has 0 unspecified atom stereocenters. The molecule has 26 heavy (non-hydrogen) atoms. The summed E-state index contributed by atoms with van der Waals surface area (Å²) >= 11 is 0. The smallest absolute Gasteiger partial charge is 0.350 e. The summed E-state index contributed by atoms with van der Waals surface area (Å²) < 4.78 is 10.3. The van der Waals surface area contributed by atoms with Gasteiger partial charge in [0.2, 0.25) is 0 Å². The molecule has 3 aromatic carbocycles. The highest BCUT2D eigenvalue weighted by atomic mass is 16.7. The molecule has 3 aromatic rings. The molecule has 5 nitrogen and oxygen atoms in total. The monoisotopic (exact) mass is 347 g/mol.